The third-order valence-corrected chi connectivity index (χ3v) is 4.97. The van der Waals surface area contributed by atoms with Crippen LogP contribution in [0, 0.1) is 11.8 Å². The molecule has 1 heterocycles. The molecule has 3 nitrogen and oxygen atoms in total. The molecule has 1 saturated heterocycles. The lowest BCUT2D eigenvalue weighted by Crippen LogP contribution is -2.50. The molecular weight excluding hydrogens is 224 g/mol. The first-order chi connectivity index (χ1) is 8.70. The van der Waals surface area contributed by atoms with E-state index < -0.39 is 0 Å². The van der Waals surface area contributed by atoms with E-state index >= 15 is 0 Å². The largest absolute Gasteiger partial charge is 0.392 e. The predicted molar refractivity (Wildman–Crippen MR) is 75.7 cm³/mol. The van der Waals surface area contributed by atoms with Gasteiger partial charge in [-0.1, -0.05) is 26.7 Å². The van der Waals surface area contributed by atoms with Crippen LogP contribution in [0.1, 0.15) is 46.0 Å². The summed E-state index contributed by atoms with van der Waals surface area (Å²) >= 11 is 0. The van der Waals surface area contributed by atoms with Crippen molar-refractivity contribution in [2.75, 3.05) is 26.2 Å². The molecule has 3 atom stereocenters. The Bertz CT molecular complexity index is 241. The van der Waals surface area contributed by atoms with Gasteiger partial charge in [-0.15, -0.1) is 0 Å². The monoisotopic (exact) mass is 254 g/mol. The zero-order chi connectivity index (χ0) is 13.0. The van der Waals surface area contributed by atoms with Crippen molar-refractivity contribution in [1.29, 1.82) is 0 Å². The SMILES string of the molecule is CCN1CCC(NCC(O)C2CCCC2)C(C)C1. The summed E-state index contributed by atoms with van der Waals surface area (Å²) < 4.78 is 0. The third kappa shape index (κ3) is 3.69. The Labute approximate surface area is 112 Å². The maximum atomic E-state index is 10.2. The Balaban J connectivity index is 1.69. The normalized spacial score (nSPS) is 32.8. The highest BCUT2D eigenvalue weighted by molar-refractivity contribution is 4.84. The second-order valence-electron chi connectivity index (χ2n) is 6.29. The summed E-state index contributed by atoms with van der Waals surface area (Å²) in [6.45, 7) is 8.95. The molecule has 1 aliphatic carbocycles. The van der Waals surface area contributed by atoms with E-state index in [1.165, 1.54) is 51.7 Å². The average molecular weight is 254 g/mol. The highest BCUT2D eigenvalue weighted by Gasteiger charge is 2.27. The zero-order valence-electron chi connectivity index (χ0n) is 12.1. The lowest BCUT2D eigenvalue weighted by atomic mass is 9.93. The van der Waals surface area contributed by atoms with Gasteiger partial charge in [0.05, 0.1) is 6.10 Å². The second-order valence-corrected chi connectivity index (χ2v) is 6.29. The van der Waals surface area contributed by atoms with Crippen molar-refractivity contribution < 1.29 is 5.11 Å². The summed E-state index contributed by atoms with van der Waals surface area (Å²) in [5.41, 5.74) is 0. The van der Waals surface area contributed by atoms with Crippen molar-refractivity contribution in [3.8, 4) is 0 Å². The van der Waals surface area contributed by atoms with Crippen molar-refractivity contribution >= 4 is 0 Å². The molecule has 2 rings (SSSR count). The summed E-state index contributed by atoms with van der Waals surface area (Å²) in [4.78, 5) is 2.52. The number of nitrogens with one attached hydrogen (secondary N) is 1. The van der Waals surface area contributed by atoms with Crippen molar-refractivity contribution in [3.05, 3.63) is 0 Å². The maximum absolute atomic E-state index is 10.2. The van der Waals surface area contributed by atoms with E-state index in [0.29, 0.717) is 17.9 Å². The fraction of sp³-hybridized carbons (Fsp3) is 1.00. The number of piperidine rings is 1. The van der Waals surface area contributed by atoms with Crippen LogP contribution >= 0.6 is 0 Å². The summed E-state index contributed by atoms with van der Waals surface area (Å²) in [6, 6.07) is 0.601. The van der Waals surface area contributed by atoms with E-state index in [0.717, 1.165) is 6.54 Å². The molecule has 0 bridgehead atoms. The van der Waals surface area contributed by atoms with Gasteiger partial charge in [0.15, 0.2) is 0 Å². The van der Waals surface area contributed by atoms with Gasteiger partial charge < -0.3 is 15.3 Å². The molecule has 0 radical (unpaired) electrons. The third-order valence-electron chi connectivity index (χ3n) is 4.97. The fourth-order valence-corrected chi connectivity index (χ4v) is 3.60. The van der Waals surface area contributed by atoms with Crippen LogP contribution in [-0.2, 0) is 0 Å². The Morgan fingerprint density at radius 2 is 2.00 bits per heavy atom. The Kier molecular flexibility index (Phi) is 5.46. The first-order valence-electron chi connectivity index (χ1n) is 7.84. The molecule has 2 fully saturated rings. The van der Waals surface area contributed by atoms with Crippen molar-refractivity contribution in [1.82, 2.24) is 10.2 Å². The minimum atomic E-state index is -0.121. The number of hydrogen-bond donors (Lipinski definition) is 2. The number of likely N-dealkylation sites (tertiary alicyclic amines) is 1. The quantitative estimate of drug-likeness (QED) is 0.786. The maximum Gasteiger partial charge on any atom is 0.0692 e. The average Bonchev–Trinajstić information content (AvgIpc) is 2.90. The topological polar surface area (TPSA) is 35.5 Å². The molecule has 2 N–H and O–H groups in total. The van der Waals surface area contributed by atoms with E-state index in [1.54, 1.807) is 0 Å². The molecule has 1 aliphatic heterocycles. The van der Waals surface area contributed by atoms with Crippen molar-refractivity contribution in [2.24, 2.45) is 11.8 Å². The second kappa shape index (κ2) is 6.88. The molecular formula is C15H30N2O. The molecule has 0 aromatic carbocycles. The van der Waals surface area contributed by atoms with E-state index in [4.69, 9.17) is 0 Å². The first-order valence-corrected chi connectivity index (χ1v) is 7.84. The van der Waals surface area contributed by atoms with Crippen molar-refractivity contribution in [2.45, 2.75) is 58.1 Å². The highest BCUT2D eigenvalue weighted by Crippen LogP contribution is 2.27. The summed E-state index contributed by atoms with van der Waals surface area (Å²) in [6.07, 6.45) is 6.19. The van der Waals surface area contributed by atoms with E-state index in [1.807, 2.05) is 0 Å². The summed E-state index contributed by atoms with van der Waals surface area (Å²) in [5, 5.41) is 13.8. The molecule has 3 heteroatoms. The molecule has 106 valence electrons. The number of rotatable bonds is 5. The molecule has 1 saturated carbocycles. The zero-order valence-corrected chi connectivity index (χ0v) is 12.1. The molecule has 3 unspecified atom stereocenters. The molecule has 18 heavy (non-hydrogen) atoms. The lowest BCUT2D eigenvalue weighted by molar-refractivity contribution is 0.0910. The van der Waals surface area contributed by atoms with Gasteiger partial charge in [0, 0.05) is 19.1 Å². The molecule has 0 spiro atoms. The molecule has 0 amide bonds. The number of nitrogens with zero attached hydrogens (tertiary/aromatic N) is 1. The Morgan fingerprint density at radius 3 is 2.61 bits per heavy atom. The molecule has 0 aromatic heterocycles. The minimum absolute atomic E-state index is 0.121. The first kappa shape index (κ1) is 14.3. The summed E-state index contributed by atoms with van der Waals surface area (Å²) in [5.74, 6) is 1.26. The predicted octanol–water partition coefficient (Wildman–Crippen LogP) is 1.86. The number of hydrogen-bond acceptors (Lipinski definition) is 3. The van der Waals surface area contributed by atoms with E-state index in [9.17, 15) is 5.11 Å². The van der Waals surface area contributed by atoms with Crippen molar-refractivity contribution in [3.63, 3.8) is 0 Å². The minimum Gasteiger partial charge on any atom is -0.392 e. The van der Waals surface area contributed by atoms with Crippen LogP contribution in [0.2, 0.25) is 0 Å². The highest BCUT2D eigenvalue weighted by atomic mass is 16.3. The van der Waals surface area contributed by atoms with Crippen LogP contribution in [0.25, 0.3) is 0 Å². The van der Waals surface area contributed by atoms with Crippen LogP contribution in [0.3, 0.4) is 0 Å². The van der Waals surface area contributed by atoms with E-state index in [2.05, 4.69) is 24.1 Å². The van der Waals surface area contributed by atoms with Crippen LogP contribution in [-0.4, -0.2) is 48.3 Å². The van der Waals surface area contributed by atoms with Crippen LogP contribution < -0.4 is 5.32 Å². The van der Waals surface area contributed by atoms with Gasteiger partial charge in [-0.3, -0.25) is 0 Å². The molecule has 2 aliphatic rings. The van der Waals surface area contributed by atoms with Crippen LogP contribution in [0.4, 0.5) is 0 Å². The van der Waals surface area contributed by atoms with Gasteiger partial charge in [-0.05, 0) is 44.2 Å². The summed E-state index contributed by atoms with van der Waals surface area (Å²) in [7, 11) is 0. The number of aliphatic hydroxyl groups is 1. The van der Waals surface area contributed by atoms with Gasteiger partial charge in [0.2, 0.25) is 0 Å². The lowest BCUT2D eigenvalue weighted by Gasteiger charge is -2.37. The van der Waals surface area contributed by atoms with Gasteiger partial charge in [-0.2, -0.15) is 0 Å². The standard InChI is InChI=1S/C15H30N2O/c1-3-17-9-8-14(12(2)11-17)16-10-15(18)13-6-4-5-7-13/h12-16,18H,3-11H2,1-2H3. The fourth-order valence-electron chi connectivity index (χ4n) is 3.60. The van der Waals surface area contributed by atoms with Gasteiger partial charge in [0.1, 0.15) is 0 Å². The Morgan fingerprint density at radius 1 is 1.28 bits per heavy atom. The number of aliphatic hydroxyl groups excluding tert-OH is 1. The van der Waals surface area contributed by atoms with Gasteiger partial charge in [-0.25, -0.2) is 0 Å². The smallest absolute Gasteiger partial charge is 0.0692 e. The molecule has 0 aromatic rings. The van der Waals surface area contributed by atoms with Gasteiger partial charge in [0.25, 0.3) is 0 Å². The van der Waals surface area contributed by atoms with Gasteiger partial charge >= 0.3 is 0 Å². The van der Waals surface area contributed by atoms with Crippen LogP contribution in [0.5, 0.6) is 0 Å². The Hall–Kier alpha value is -0.120. The van der Waals surface area contributed by atoms with E-state index in [-0.39, 0.29) is 6.10 Å². The van der Waals surface area contributed by atoms with Crippen LogP contribution in [0.15, 0.2) is 0 Å².